The molecule has 0 aromatic heterocycles. The largest absolute Gasteiger partial charge is 0.394 e. The summed E-state index contributed by atoms with van der Waals surface area (Å²) in [6.07, 6.45) is 4.79. The highest BCUT2D eigenvalue weighted by molar-refractivity contribution is 4.85. The first-order valence-corrected chi connectivity index (χ1v) is 8.13. The Morgan fingerprint density at radius 1 is 1.45 bits per heavy atom. The number of aliphatic hydroxyl groups excluding tert-OH is 1. The fourth-order valence-corrected chi connectivity index (χ4v) is 3.29. The van der Waals surface area contributed by atoms with Crippen molar-refractivity contribution in [3.8, 4) is 0 Å². The normalized spacial score (nSPS) is 24.3. The van der Waals surface area contributed by atoms with Crippen LogP contribution in [0.25, 0.3) is 0 Å². The lowest BCUT2D eigenvalue weighted by Crippen LogP contribution is -2.50. The summed E-state index contributed by atoms with van der Waals surface area (Å²) in [5.41, 5.74) is -0.141. The van der Waals surface area contributed by atoms with E-state index in [1.165, 1.54) is 25.9 Å². The first kappa shape index (κ1) is 17.9. The molecule has 0 aliphatic carbocycles. The van der Waals surface area contributed by atoms with E-state index in [0.29, 0.717) is 12.1 Å². The van der Waals surface area contributed by atoms with Crippen LogP contribution in [-0.4, -0.2) is 72.9 Å². The van der Waals surface area contributed by atoms with Crippen molar-refractivity contribution in [3.63, 3.8) is 0 Å². The monoisotopic (exact) mass is 285 g/mol. The van der Waals surface area contributed by atoms with Gasteiger partial charge in [0.25, 0.3) is 0 Å². The molecule has 0 saturated carbocycles. The number of likely N-dealkylation sites (tertiary alicyclic amines) is 1. The first-order valence-electron chi connectivity index (χ1n) is 8.13. The minimum Gasteiger partial charge on any atom is -0.394 e. The van der Waals surface area contributed by atoms with Gasteiger partial charge in [0.15, 0.2) is 0 Å². The van der Waals surface area contributed by atoms with Gasteiger partial charge in [0.05, 0.1) is 6.61 Å². The van der Waals surface area contributed by atoms with Crippen molar-refractivity contribution in [2.24, 2.45) is 0 Å². The van der Waals surface area contributed by atoms with Crippen LogP contribution in [0.15, 0.2) is 0 Å². The zero-order chi connectivity index (χ0) is 15.2. The van der Waals surface area contributed by atoms with Gasteiger partial charge in [-0.2, -0.15) is 0 Å². The molecule has 1 rings (SSSR count). The summed E-state index contributed by atoms with van der Waals surface area (Å²) < 4.78 is 0. The quantitative estimate of drug-likeness (QED) is 0.710. The molecule has 4 heteroatoms. The van der Waals surface area contributed by atoms with Crippen molar-refractivity contribution < 1.29 is 5.11 Å². The number of aliphatic hydroxyl groups is 1. The fraction of sp³-hybridized carbons (Fsp3) is 1.00. The van der Waals surface area contributed by atoms with E-state index >= 15 is 0 Å². The Morgan fingerprint density at radius 3 is 2.70 bits per heavy atom. The SMILES string of the molecule is CC(C)NC(C)(CO)CCCN(C)C1CCCN(C)C1. The van der Waals surface area contributed by atoms with E-state index in [9.17, 15) is 5.11 Å². The van der Waals surface area contributed by atoms with E-state index in [-0.39, 0.29) is 12.1 Å². The maximum Gasteiger partial charge on any atom is 0.0610 e. The summed E-state index contributed by atoms with van der Waals surface area (Å²) in [6, 6.07) is 1.11. The molecular weight excluding hydrogens is 250 g/mol. The van der Waals surface area contributed by atoms with E-state index < -0.39 is 0 Å². The average Bonchev–Trinajstić information content (AvgIpc) is 2.37. The fourth-order valence-electron chi connectivity index (χ4n) is 3.29. The van der Waals surface area contributed by atoms with Crippen molar-refractivity contribution in [2.45, 2.75) is 64.1 Å². The molecule has 120 valence electrons. The minimum atomic E-state index is -0.141. The van der Waals surface area contributed by atoms with Crippen LogP contribution < -0.4 is 5.32 Å². The van der Waals surface area contributed by atoms with E-state index in [4.69, 9.17) is 0 Å². The van der Waals surface area contributed by atoms with Gasteiger partial charge in [-0.3, -0.25) is 0 Å². The van der Waals surface area contributed by atoms with Crippen LogP contribution in [-0.2, 0) is 0 Å². The molecule has 1 aliphatic rings. The maximum absolute atomic E-state index is 9.60. The van der Waals surface area contributed by atoms with Crippen LogP contribution in [0.3, 0.4) is 0 Å². The van der Waals surface area contributed by atoms with Crippen molar-refractivity contribution in [3.05, 3.63) is 0 Å². The van der Waals surface area contributed by atoms with E-state index in [1.54, 1.807) is 0 Å². The Bertz CT molecular complexity index is 272. The van der Waals surface area contributed by atoms with E-state index in [1.807, 2.05) is 0 Å². The molecule has 1 saturated heterocycles. The third-order valence-electron chi connectivity index (χ3n) is 4.45. The molecular formula is C16H35N3O. The molecule has 1 fully saturated rings. The highest BCUT2D eigenvalue weighted by Crippen LogP contribution is 2.17. The zero-order valence-corrected chi connectivity index (χ0v) is 14.2. The zero-order valence-electron chi connectivity index (χ0n) is 14.2. The van der Waals surface area contributed by atoms with Gasteiger partial charge in [0.1, 0.15) is 0 Å². The standard InChI is InChI=1S/C16H35N3O/c1-14(2)17-16(3,13-20)9-7-11-19(5)15-8-6-10-18(4)12-15/h14-15,17,20H,6-13H2,1-5H3. The lowest BCUT2D eigenvalue weighted by atomic mass is 9.95. The Balaban J connectivity index is 2.31. The molecule has 2 N–H and O–H groups in total. The molecule has 2 unspecified atom stereocenters. The Morgan fingerprint density at radius 2 is 2.15 bits per heavy atom. The van der Waals surface area contributed by atoms with Gasteiger partial charge in [-0.05, 0) is 59.8 Å². The third kappa shape index (κ3) is 6.08. The molecule has 0 amide bonds. The third-order valence-corrected chi connectivity index (χ3v) is 4.45. The van der Waals surface area contributed by atoms with Gasteiger partial charge < -0.3 is 20.2 Å². The van der Waals surface area contributed by atoms with Crippen molar-refractivity contribution in [1.29, 1.82) is 0 Å². The van der Waals surface area contributed by atoms with Crippen molar-refractivity contribution in [2.75, 3.05) is 40.3 Å². The second-order valence-electron chi connectivity index (χ2n) is 7.16. The predicted octanol–water partition coefficient (Wildman–Crippen LogP) is 1.54. The maximum atomic E-state index is 9.60. The summed E-state index contributed by atoms with van der Waals surface area (Å²) in [6.45, 7) is 10.2. The molecule has 1 heterocycles. The second-order valence-corrected chi connectivity index (χ2v) is 7.16. The average molecular weight is 285 g/mol. The second kappa shape index (κ2) is 8.32. The molecule has 0 aromatic carbocycles. The molecule has 1 aliphatic heterocycles. The molecule has 0 bridgehead atoms. The number of nitrogens with zero attached hydrogens (tertiary/aromatic N) is 2. The van der Waals surface area contributed by atoms with Gasteiger partial charge in [-0.1, -0.05) is 13.8 Å². The molecule has 0 aromatic rings. The van der Waals surface area contributed by atoms with Crippen molar-refractivity contribution in [1.82, 2.24) is 15.1 Å². The molecule has 0 radical (unpaired) electrons. The van der Waals surface area contributed by atoms with Crippen LogP contribution in [0, 0.1) is 0 Å². The van der Waals surface area contributed by atoms with Gasteiger partial charge >= 0.3 is 0 Å². The number of piperidine rings is 1. The van der Waals surface area contributed by atoms with Gasteiger partial charge in [0.2, 0.25) is 0 Å². The number of likely N-dealkylation sites (N-methyl/N-ethyl adjacent to an activating group) is 2. The van der Waals surface area contributed by atoms with Crippen molar-refractivity contribution >= 4 is 0 Å². The van der Waals surface area contributed by atoms with Crippen LogP contribution in [0.4, 0.5) is 0 Å². The Hall–Kier alpha value is -0.160. The van der Waals surface area contributed by atoms with E-state index in [0.717, 1.165) is 19.4 Å². The number of hydrogen-bond donors (Lipinski definition) is 2. The molecule has 2 atom stereocenters. The van der Waals surface area contributed by atoms with Crippen LogP contribution >= 0.6 is 0 Å². The van der Waals surface area contributed by atoms with Crippen LogP contribution in [0.5, 0.6) is 0 Å². The summed E-state index contributed by atoms with van der Waals surface area (Å²) in [4.78, 5) is 4.94. The Kier molecular flexibility index (Phi) is 7.45. The summed E-state index contributed by atoms with van der Waals surface area (Å²) in [5.74, 6) is 0. The van der Waals surface area contributed by atoms with Crippen LogP contribution in [0.2, 0.25) is 0 Å². The summed E-state index contributed by atoms with van der Waals surface area (Å²) in [7, 11) is 4.46. The minimum absolute atomic E-state index is 0.141. The lowest BCUT2D eigenvalue weighted by molar-refractivity contribution is 0.120. The molecule has 0 spiro atoms. The smallest absolute Gasteiger partial charge is 0.0610 e. The number of nitrogens with one attached hydrogen (secondary N) is 1. The summed E-state index contributed by atoms with van der Waals surface area (Å²) >= 11 is 0. The Labute approximate surface area is 125 Å². The topological polar surface area (TPSA) is 38.7 Å². The highest BCUT2D eigenvalue weighted by atomic mass is 16.3. The number of rotatable bonds is 8. The van der Waals surface area contributed by atoms with Gasteiger partial charge in [-0.15, -0.1) is 0 Å². The predicted molar refractivity (Wildman–Crippen MR) is 86.1 cm³/mol. The summed E-state index contributed by atoms with van der Waals surface area (Å²) in [5, 5.41) is 13.1. The van der Waals surface area contributed by atoms with E-state index in [2.05, 4.69) is 50.0 Å². The van der Waals surface area contributed by atoms with Gasteiger partial charge in [-0.25, -0.2) is 0 Å². The molecule has 4 nitrogen and oxygen atoms in total. The van der Waals surface area contributed by atoms with Crippen LogP contribution in [0.1, 0.15) is 46.5 Å². The highest BCUT2D eigenvalue weighted by Gasteiger charge is 2.25. The lowest BCUT2D eigenvalue weighted by Gasteiger charge is -2.37. The molecule has 20 heavy (non-hydrogen) atoms. The number of hydrogen-bond acceptors (Lipinski definition) is 4. The first-order chi connectivity index (χ1) is 9.36. The van der Waals surface area contributed by atoms with Gasteiger partial charge in [0, 0.05) is 24.2 Å².